The standard InChI is InChI=1S/C17H32O5/c1-5-9-11-14(7-3)13-19-16(18)20-17(21-22-17)15(8-4)12-10-6-2/h14-15H,5-13H2,1-4H3. The van der Waals surface area contributed by atoms with Crippen LogP contribution < -0.4 is 0 Å². The van der Waals surface area contributed by atoms with Gasteiger partial charge < -0.3 is 9.47 Å². The third-order valence-corrected chi connectivity index (χ3v) is 4.35. The van der Waals surface area contributed by atoms with E-state index in [4.69, 9.17) is 19.2 Å². The Morgan fingerprint density at radius 3 is 2.14 bits per heavy atom. The Bertz CT molecular complexity index is 314. The summed E-state index contributed by atoms with van der Waals surface area (Å²) in [6.45, 7) is 8.84. The molecule has 1 heterocycles. The van der Waals surface area contributed by atoms with Gasteiger partial charge in [0.05, 0.1) is 12.5 Å². The number of rotatable bonds is 12. The van der Waals surface area contributed by atoms with Crippen LogP contribution in [0.1, 0.15) is 79.1 Å². The van der Waals surface area contributed by atoms with Gasteiger partial charge in [-0.1, -0.05) is 59.8 Å². The molecule has 1 rings (SSSR count). The third-order valence-electron chi connectivity index (χ3n) is 4.35. The van der Waals surface area contributed by atoms with E-state index in [1.165, 1.54) is 0 Å². The molecule has 1 saturated heterocycles. The topological polar surface area (TPSA) is 60.6 Å². The van der Waals surface area contributed by atoms with E-state index in [0.717, 1.165) is 51.4 Å². The van der Waals surface area contributed by atoms with Crippen LogP contribution in [0.15, 0.2) is 0 Å². The molecule has 0 N–H and O–H groups in total. The number of unbranched alkanes of at least 4 members (excludes halogenated alkanes) is 2. The van der Waals surface area contributed by atoms with Crippen molar-refractivity contribution in [2.75, 3.05) is 6.61 Å². The van der Waals surface area contributed by atoms with E-state index in [2.05, 4.69) is 20.8 Å². The van der Waals surface area contributed by atoms with Crippen LogP contribution >= 0.6 is 0 Å². The first-order valence-corrected chi connectivity index (χ1v) is 8.84. The minimum Gasteiger partial charge on any atom is -0.434 e. The predicted octanol–water partition coefficient (Wildman–Crippen LogP) is 5.19. The second-order valence-corrected chi connectivity index (χ2v) is 6.10. The zero-order chi connectivity index (χ0) is 16.4. The molecule has 2 unspecified atom stereocenters. The van der Waals surface area contributed by atoms with Crippen LogP contribution in [-0.4, -0.2) is 18.7 Å². The van der Waals surface area contributed by atoms with Crippen LogP contribution in [0.5, 0.6) is 0 Å². The molecule has 0 aliphatic carbocycles. The highest BCUT2D eigenvalue weighted by molar-refractivity contribution is 5.60. The zero-order valence-electron chi connectivity index (χ0n) is 14.6. The van der Waals surface area contributed by atoms with Crippen LogP contribution in [0.3, 0.4) is 0 Å². The first-order chi connectivity index (χ1) is 10.6. The van der Waals surface area contributed by atoms with Crippen LogP contribution in [0, 0.1) is 11.8 Å². The summed E-state index contributed by atoms with van der Waals surface area (Å²) >= 11 is 0. The maximum absolute atomic E-state index is 11.9. The highest BCUT2D eigenvalue weighted by atomic mass is 17.5. The molecule has 0 aromatic rings. The van der Waals surface area contributed by atoms with Crippen molar-refractivity contribution in [1.82, 2.24) is 0 Å². The SMILES string of the molecule is CCCCC(CC)COC(=O)OC1(C(CC)CCCC)OO1. The zero-order valence-corrected chi connectivity index (χ0v) is 14.6. The fourth-order valence-electron chi connectivity index (χ4n) is 2.61. The average Bonchev–Trinajstić information content (AvgIpc) is 3.28. The lowest BCUT2D eigenvalue weighted by atomic mass is 9.97. The van der Waals surface area contributed by atoms with E-state index in [1.54, 1.807) is 0 Å². The largest absolute Gasteiger partial charge is 0.512 e. The Balaban J connectivity index is 2.36. The second-order valence-electron chi connectivity index (χ2n) is 6.10. The van der Waals surface area contributed by atoms with Crippen molar-refractivity contribution in [1.29, 1.82) is 0 Å². The van der Waals surface area contributed by atoms with Gasteiger partial charge in [0.2, 0.25) is 0 Å². The van der Waals surface area contributed by atoms with Gasteiger partial charge in [-0.05, 0) is 25.2 Å². The van der Waals surface area contributed by atoms with E-state index in [0.29, 0.717) is 12.5 Å². The van der Waals surface area contributed by atoms with Gasteiger partial charge in [-0.15, -0.1) is 0 Å². The second kappa shape index (κ2) is 10.1. The number of hydrogen-bond acceptors (Lipinski definition) is 5. The summed E-state index contributed by atoms with van der Waals surface area (Å²) in [5.41, 5.74) is 0. The molecule has 2 atom stereocenters. The normalized spacial score (nSPS) is 18.5. The number of carbonyl (C=O) groups is 1. The monoisotopic (exact) mass is 316 g/mol. The Morgan fingerprint density at radius 1 is 1.00 bits per heavy atom. The highest BCUT2D eigenvalue weighted by Gasteiger charge is 2.59. The minimum atomic E-state index is -1.20. The van der Waals surface area contributed by atoms with Crippen molar-refractivity contribution in [2.24, 2.45) is 11.8 Å². The molecule has 0 saturated carbocycles. The Morgan fingerprint density at radius 2 is 1.64 bits per heavy atom. The molecular formula is C17H32O5. The molecule has 1 fully saturated rings. The lowest BCUT2D eigenvalue weighted by Gasteiger charge is -2.19. The summed E-state index contributed by atoms with van der Waals surface area (Å²) in [5.74, 6) is -0.750. The van der Waals surface area contributed by atoms with Gasteiger partial charge in [-0.2, -0.15) is 9.78 Å². The van der Waals surface area contributed by atoms with Crippen LogP contribution in [0.4, 0.5) is 4.79 Å². The summed E-state index contributed by atoms with van der Waals surface area (Å²) in [5, 5.41) is 0. The summed E-state index contributed by atoms with van der Waals surface area (Å²) in [6.07, 6.45) is 7.58. The summed E-state index contributed by atoms with van der Waals surface area (Å²) < 4.78 is 10.5. The molecule has 0 radical (unpaired) electrons. The fourth-order valence-corrected chi connectivity index (χ4v) is 2.61. The molecule has 1 aliphatic heterocycles. The van der Waals surface area contributed by atoms with Gasteiger partial charge in [0, 0.05) is 0 Å². The molecule has 1 aliphatic rings. The number of carbonyl (C=O) groups excluding carboxylic acids is 1. The highest BCUT2D eigenvalue weighted by Crippen LogP contribution is 2.43. The number of hydrogen-bond donors (Lipinski definition) is 0. The minimum absolute atomic E-state index is 0.0575. The van der Waals surface area contributed by atoms with E-state index < -0.39 is 12.1 Å². The lowest BCUT2D eigenvalue weighted by Crippen LogP contribution is -2.31. The van der Waals surface area contributed by atoms with Crippen LogP contribution in [-0.2, 0) is 19.2 Å². The van der Waals surface area contributed by atoms with Crippen molar-refractivity contribution in [3.05, 3.63) is 0 Å². The van der Waals surface area contributed by atoms with E-state index in [-0.39, 0.29) is 5.92 Å². The van der Waals surface area contributed by atoms with Crippen molar-refractivity contribution >= 4 is 6.16 Å². The van der Waals surface area contributed by atoms with Gasteiger partial charge in [-0.3, -0.25) is 0 Å². The van der Waals surface area contributed by atoms with Gasteiger partial charge in [0.1, 0.15) is 0 Å². The first-order valence-electron chi connectivity index (χ1n) is 8.84. The van der Waals surface area contributed by atoms with Gasteiger partial charge in [-0.25, -0.2) is 4.79 Å². The van der Waals surface area contributed by atoms with Gasteiger partial charge in [0.25, 0.3) is 0 Å². The quantitative estimate of drug-likeness (QED) is 0.282. The van der Waals surface area contributed by atoms with Crippen molar-refractivity contribution < 1.29 is 24.0 Å². The first kappa shape index (κ1) is 19.2. The third kappa shape index (κ3) is 6.13. The van der Waals surface area contributed by atoms with Crippen LogP contribution in [0.25, 0.3) is 0 Å². The molecule has 5 heteroatoms. The molecule has 22 heavy (non-hydrogen) atoms. The Kier molecular flexibility index (Phi) is 8.79. The molecule has 130 valence electrons. The smallest absolute Gasteiger partial charge is 0.434 e. The molecule has 0 spiro atoms. The molecule has 0 amide bonds. The van der Waals surface area contributed by atoms with E-state index in [9.17, 15) is 4.79 Å². The molecule has 5 nitrogen and oxygen atoms in total. The Hall–Kier alpha value is -0.810. The van der Waals surface area contributed by atoms with E-state index >= 15 is 0 Å². The lowest BCUT2D eigenvalue weighted by molar-refractivity contribution is -0.0826. The average molecular weight is 316 g/mol. The summed E-state index contributed by atoms with van der Waals surface area (Å²) in [4.78, 5) is 21.9. The molecule has 0 aromatic carbocycles. The van der Waals surface area contributed by atoms with Crippen molar-refractivity contribution in [3.8, 4) is 0 Å². The summed E-state index contributed by atoms with van der Waals surface area (Å²) in [6, 6.07) is 0. The fraction of sp³-hybridized carbons (Fsp3) is 0.941. The van der Waals surface area contributed by atoms with Crippen molar-refractivity contribution in [2.45, 2.75) is 85.0 Å². The van der Waals surface area contributed by atoms with Gasteiger partial charge >= 0.3 is 12.1 Å². The molecule has 0 aromatic heterocycles. The summed E-state index contributed by atoms with van der Waals surface area (Å²) in [7, 11) is 0. The molecular weight excluding hydrogens is 284 g/mol. The van der Waals surface area contributed by atoms with E-state index in [1.807, 2.05) is 6.92 Å². The maximum Gasteiger partial charge on any atom is 0.512 e. The number of ether oxygens (including phenoxy) is 2. The molecule has 0 bridgehead atoms. The maximum atomic E-state index is 11.9. The predicted molar refractivity (Wildman–Crippen MR) is 83.9 cm³/mol. The van der Waals surface area contributed by atoms with Gasteiger partial charge in [0.15, 0.2) is 0 Å². The van der Waals surface area contributed by atoms with Crippen molar-refractivity contribution in [3.63, 3.8) is 0 Å². The van der Waals surface area contributed by atoms with Crippen LogP contribution in [0.2, 0.25) is 0 Å². The Labute approximate surface area is 134 Å².